The van der Waals surface area contributed by atoms with Crippen molar-refractivity contribution in [2.75, 3.05) is 5.75 Å². The van der Waals surface area contributed by atoms with E-state index in [1.54, 1.807) is 0 Å². The molecule has 0 spiro atoms. The molecule has 2 heteroatoms. The van der Waals surface area contributed by atoms with Crippen molar-refractivity contribution >= 4 is 23.5 Å². The van der Waals surface area contributed by atoms with Crippen LogP contribution in [0.5, 0.6) is 0 Å². The molecule has 0 fully saturated rings. The van der Waals surface area contributed by atoms with Crippen LogP contribution >= 0.6 is 12.6 Å². The van der Waals surface area contributed by atoms with Gasteiger partial charge < -0.3 is 4.98 Å². The van der Waals surface area contributed by atoms with Gasteiger partial charge in [-0.25, -0.2) is 0 Å². The molecule has 2 aromatic rings. The monoisotopic (exact) mass is 249 g/mol. The van der Waals surface area contributed by atoms with Crippen LogP contribution in [-0.2, 0) is 6.42 Å². The van der Waals surface area contributed by atoms with E-state index in [0.717, 1.165) is 12.2 Å². The number of rotatable bonds is 3. The second-order valence-corrected chi connectivity index (χ2v) is 4.66. The summed E-state index contributed by atoms with van der Waals surface area (Å²) < 4.78 is 0. The van der Waals surface area contributed by atoms with Gasteiger partial charge in [-0.05, 0) is 29.2 Å². The summed E-state index contributed by atoms with van der Waals surface area (Å²) in [4.78, 5) is 3.39. The van der Waals surface area contributed by atoms with E-state index in [-0.39, 0.29) is 0 Å². The number of benzene rings is 1. The van der Waals surface area contributed by atoms with Gasteiger partial charge in [0.25, 0.3) is 0 Å². The first-order valence-corrected chi connectivity index (χ1v) is 7.07. The van der Waals surface area contributed by atoms with Gasteiger partial charge in [-0.2, -0.15) is 12.6 Å². The summed E-state index contributed by atoms with van der Waals surface area (Å²) in [7, 11) is 0. The predicted molar refractivity (Wildman–Crippen MR) is 81.3 cm³/mol. The van der Waals surface area contributed by atoms with Crippen molar-refractivity contribution in [3.8, 4) is 0 Å². The van der Waals surface area contributed by atoms with E-state index in [1.807, 2.05) is 13.8 Å². The fourth-order valence-corrected chi connectivity index (χ4v) is 2.29. The van der Waals surface area contributed by atoms with Crippen molar-refractivity contribution in [2.45, 2.75) is 40.0 Å². The maximum atomic E-state index is 4.29. The van der Waals surface area contributed by atoms with Gasteiger partial charge >= 0.3 is 0 Å². The standard InChI is InChI=1S/C13H17NS.C2H6/c1-9(2)12-8-14-13-10(6-7-15)4-3-5-11(12)13;1-2/h3-5,8-9,14-15H,6-7H2,1-2H3;1-2H3. The molecule has 1 heterocycles. The number of aromatic nitrogens is 1. The molecule has 1 nitrogen and oxygen atoms in total. The molecule has 17 heavy (non-hydrogen) atoms. The molecule has 0 aliphatic heterocycles. The second-order valence-electron chi connectivity index (χ2n) is 4.21. The number of fused-ring (bicyclic) bond motifs is 1. The molecule has 0 saturated carbocycles. The molecule has 0 amide bonds. The topological polar surface area (TPSA) is 15.8 Å². The van der Waals surface area contributed by atoms with E-state index in [9.17, 15) is 0 Å². The lowest BCUT2D eigenvalue weighted by Crippen LogP contribution is -1.88. The van der Waals surface area contributed by atoms with E-state index in [2.05, 4.69) is 55.9 Å². The first kappa shape index (κ1) is 14.2. The third kappa shape index (κ3) is 3.06. The lowest BCUT2D eigenvalue weighted by Gasteiger charge is -2.04. The Balaban J connectivity index is 0.000000686. The van der Waals surface area contributed by atoms with Gasteiger partial charge in [-0.1, -0.05) is 45.9 Å². The SMILES string of the molecule is CC.CC(C)c1c[nH]c2c(CCS)cccc12. The zero-order valence-corrected chi connectivity index (χ0v) is 12.1. The fraction of sp³-hybridized carbons (Fsp3) is 0.467. The first-order chi connectivity index (χ1) is 8.24. The van der Waals surface area contributed by atoms with Crippen LogP contribution in [0.1, 0.15) is 44.7 Å². The normalized spacial score (nSPS) is 10.5. The summed E-state index contributed by atoms with van der Waals surface area (Å²) >= 11 is 4.29. The molecule has 0 saturated heterocycles. The molecule has 0 unspecified atom stereocenters. The van der Waals surface area contributed by atoms with Gasteiger partial charge in [0, 0.05) is 17.1 Å². The Bertz CT molecular complexity index is 457. The average Bonchev–Trinajstić information content (AvgIpc) is 2.77. The number of aryl methyl sites for hydroxylation is 1. The van der Waals surface area contributed by atoms with Crippen LogP contribution in [0.15, 0.2) is 24.4 Å². The maximum Gasteiger partial charge on any atom is 0.0489 e. The highest BCUT2D eigenvalue weighted by atomic mass is 32.1. The van der Waals surface area contributed by atoms with Gasteiger partial charge in [0.2, 0.25) is 0 Å². The van der Waals surface area contributed by atoms with E-state index in [1.165, 1.54) is 22.0 Å². The van der Waals surface area contributed by atoms with E-state index < -0.39 is 0 Å². The smallest absolute Gasteiger partial charge is 0.0489 e. The van der Waals surface area contributed by atoms with Crippen LogP contribution < -0.4 is 0 Å². The van der Waals surface area contributed by atoms with Crippen molar-refractivity contribution in [3.63, 3.8) is 0 Å². The summed E-state index contributed by atoms with van der Waals surface area (Å²) in [6, 6.07) is 6.52. The van der Waals surface area contributed by atoms with Crippen LogP contribution in [0.4, 0.5) is 0 Å². The zero-order chi connectivity index (χ0) is 12.8. The van der Waals surface area contributed by atoms with Crippen molar-refractivity contribution in [1.82, 2.24) is 4.98 Å². The van der Waals surface area contributed by atoms with Crippen LogP contribution in [0, 0.1) is 0 Å². The number of H-pyrrole nitrogens is 1. The molecule has 2 rings (SSSR count). The Morgan fingerprint density at radius 2 is 1.94 bits per heavy atom. The Hall–Kier alpha value is -0.890. The molecule has 0 bridgehead atoms. The van der Waals surface area contributed by atoms with Crippen molar-refractivity contribution in [1.29, 1.82) is 0 Å². The third-order valence-electron chi connectivity index (χ3n) is 2.84. The maximum absolute atomic E-state index is 4.29. The molecular formula is C15H23NS. The van der Waals surface area contributed by atoms with E-state index in [4.69, 9.17) is 0 Å². The molecule has 0 radical (unpaired) electrons. The lowest BCUT2D eigenvalue weighted by molar-refractivity contribution is 0.875. The Kier molecular flexibility index (Phi) is 5.63. The van der Waals surface area contributed by atoms with Crippen molar-refractivity contribution < 1.29 is 0 Å². The van der Waals surface area contributed by atoms with E-state index in [0.29, 0.717) is 5.92 Å². The van der Waals surface area contributed by atoms with Crippen LogP contribution in [0.3, 0.4) is 0 Å². The van der Waals surface area contributed by atoms with Crippen LogP contribution in [0.25, 0.3) is 10.9 Å². The summed E-state index contributed by atoms with van der Waals surface area (Å²) in [5.41, 5.74) is 4.07. The third-order valence-corrected chi connectivity index (χ3v) is 3.06. The second kappa shape index (κ2) is 6.75. The Labute approximate surface area is 110 Å². The van der Waals surface area contributed by atoms with Gasteiger partial charge in [0.15, 0.2) is 0 Å². The molecule has 0 aliphatic carbocycles. The number of nitrogens with one attached hydrogen (secondary N) is 1. The summed E-state index contributed by atoms with van der Waals surface area (Å²) in [5, 5.41) is 1.37. The van der Waals surface area contributed by atoms with Crippen molar-refractivity contribution in [2.24, 2.45) is 0 Å². The predicted octanol–water partition coefficient (Wildman–Crippen LogP) is 4.79. The van der Waals surface area contributed by atoms with Gasteiger partial charge in [-0.3, -0.25) is 0 Å². The molecule has 0 atom stereocenters. The highest BCUT2D eigenvalue weighted by molar-refractivity contribution is 7.80. The fourth-order valence-electron chi connectivity index (χ4n) is 2.05. The van der Waals surface area contributed by atoms with Crippen molar-refractivity contribution in [3.05, 3.63) is 35.5 Å². The Morgan fingerprint density at radius 1 is 1.24 bits per heavy atom. The molecular weight excluding hydrogens is 226 g/mol. The molecule has 1 aromatic heterocycles. The van der Waals surface area contributed by atoms with Crippen LogP contribution in [-0.4, -0.2) is 10.7 Å². The molecule has 1 aromatic carbocycles. The zero-order valence-electron chi connectivity index (χ0n) is 11.2. The van der Waals surface area contributed by atoms with Gasteiger partial charge in [0.1, 0.15) is 0 Å². The number of hydrogen-bond acceptors (Lipinski definition) is 1. The number of thiol groups is 1. The molecule has 1 N–H and O–H groups in total. The summed E-state index contributed by atoms with van der Waals surface area (Å²) in [5.74, 6) is 1.47. The number of aromatic amines is 1. The minimum Gasteiger partial charge on any atom is -0.361 e. The van der Waals surface area contributed by atoms with Crippen LogP contribution in [0.2, 0.25) is 0 Å². The van der Waals surface area contributed by atoms with E-state index >= 15 is 0 Å². The quantitative estimate of drug-likeness (QED) is 0.728. The Morgan fingerprint density at radius 3 is 2.53 bits per heavy atom. The molecule has 0 aliphatic rings. The highest BCUT2D eigenvalue weighted by Crippen LogP contribution is 2.27. The lowest BCUT2D eigenvalue weighted by atomic mass is 10.0. The minimum atomic E-state index is 0.574. The number of hydrogen-bond donors (Lipinski definition) is 2. The first-order valence-electron chi connectivity index (χ1n) is 6.43. The largest absolute Gasteiger partial charge is 0.361 e. The van der Waals surface area contributed by atoms with Gasteiger partial charge in [0.05, 0.1) is 0 Å². The molecule has 94 valence electrons. The minimum absolute atomic E-state index is 0.574. The summed E-state index contributed by atoms with van der Waals surface area (Å²) in [6.07, 6.45) is 3.16. The number of para-hydroxylation sites is 1. The highest BCUT2D eigenvalue weighted by Gasteiger charge is 2.09. The average molecular weight is 249 g/mol. The van der Waals surface area contributed by atoms with Gasteiger partial charge in [-0.15, -0.1) is 0 Å². The summed E-state index contributed by atoms with van der Waals surface area (Å²) in [6.45, 7) is 8.46.